The largest absolute Gasteiger partial charge is 0.359 e. The molecule has 1 unspecified atom stereocenters. The topological polar surface area (TPSA) is 15.7 Å². The maximum Gasteiger partial charge on any atom is 0.128 e. The highest BCUT2D eigenvalue weighted by atomic mass is 16.5. The highest BCUT2D eigenvalue weighted by molar-refractivity contribution is 4.95. The van der Waals surface area contributed by atoms with Gasteiger partial charge in [0.1, 0.15) is 6.23 Å². The van der Waals surface area contributed by atoms with E-state index in [-0.39, 0.29) is 6.23 Å². The van der Waals surface area contributed by atoms with Gasteiger partial charge in [-0.2, -0.15) is 0 Å². The number of hydrogen-bond acceptors (Lipinski definition) is 3. The molecule has 0 aliphatic carbocycles. The van der Waals surface area contributed by atoms with Crippen molar-refractivity contribution in [3.05, 3.63) is 25.2 Å². The van der Waals surface area contributed by atoms with Gasteiger partial charge in [-0.05, 0) is 20.0 Å². The van der Waals surface area contributed by atoms with Crippen molar-refractivity contribution in [2.24, 2.45) is 0 Å². The van der Waals surface area contributed by atoms with Crippen LogP contribution in [0.2, 0.25) is 0 Å². The van der Waals surface area contributed by atoms with Crippen LogP contribution in [0.4, 0.5) is 0 Å². The molecule has 68 valence electrons. The molecule has 1 heterocycles. The molecule has 0 saturated carbocycles. The summed E-state index contributed by atoms with van der Waals surface area (Å²) in [5.74, 6) is 0. The molecule has 0 aromatic heterocycles. The summed E-state index contributed by atoms with van der Waals surface area (Å²) in [6.45, 7) is 9.32. The van der Waals surface area contributed by atoms with Crippen LogP contribution in [-0.4, -0.2) is 29.3 Å². The molecule has 0 N–H and O–H groups in total. The molecular weight excluding hydrogens is 152 g/mol. The first-order chi connectivity index (χ1) is 5.77. The molecule has 12 heavy (non-hydrogen) atoms. The van der Waals surface area contributed by atoms with Crippen LogP contribution < -0.4 is 0 Å². The Morgan fingerprint density at radius 3 is 2.92 bits per heavy atom. The monoisotopic (exact) mass is 168 g/mol. The van der Waals surface area contributed by atoms with Gasteiger partial charge in [0.25, 0.3) is 0 Å². The normalized spacial score (nSPS) is 18.5. The zero-order valence-corrected chi connectivity index (χ0v) is 7.73. The van der Waals surface area contributed by atoms with Crippen molar-refractivity contribution >= 4 is 0 Å². The first-order valence-corrected chi connectivity index (χ1v) is 4.22. The van der Waals surface area contributed by atoms with Crippen LogP contribution in [0.3, 0.4) is 0 Å². The van der Waals surface area contributed by atoms with Crippen molar-refractivity contribution in [2.75, 3.05) is 13.3 Å². The number of ether oxygens (including phenoxy) is 1. The predicted octanol–water partition coefficient (Wildman–Crippen LogP) is 1.56. The van der Waals surface area contributed by atoms with E-state index >= 15 is 0 Å². The van der Waals surface area contributed by atoms with Crippen molar-refractivity contribution in [3.8, 4) is 0 Å². The maximum absolute atomic E-state index is 5.43. The summed E-state index contributed by atoms with van der Waals surface area (Å²) in [6, 6.07) is 0. The smallest absolute Gasteiger partial charge is 0.128 e. The third-order valence-corrected chi connectivity index (χ3v) is 1.89. The fraction of sp³-hybridized carbons (Fsp3) is 0.556. The second-order valence-corrected chi connectivity index (χ2v) is 2.71. The van der Waals surface area contributed by atoms with Gasteiger partial charge >= 0.3 is 0 Å². The second-order valence-electron chi connectivity index (χ2n) is 2.71. The molecule has 3 nitrogen and oxygen atoms in total. The standard InChI is InChI=1S/C9H16N2O/c1-4-10-6-7-11(8-10)9(3)12-5-2/h4,6-7,9H,1,5,8H2,2-3H3. The van der Waals surface area contributed by atoms with E-state index in [9.17, 15) is 0 Å². The number of rotatable bonds is 4. The SMILES string of the molecule is C=CN1C=CN(C(C)OCC)C1. The summed E-state index contributed by atoms with van der Waals surface area (Å²) in [4.78, 5) is 4.13. The van der Waals surface area contributed by atoms with Crippen molar-refractivity contribution in [3.63, 3.8) is 0 Å². The zero-order chi connectivity index (χ0) is 8.97. The highest BCUT2D eigenvalue weighted by Gasteiger charge is 2.15. The molecule has 0 aromatic carbocycles. The molecule has 0 spiro atoms. The van der Waals surface area contributed by atoms with E-state index in [1.807, 2.05) is 31.1 Å². The first kappa shape index (κ1) is 9.13. The van der Waals surface area contributed by atoms with E-state index in [0.717, 1.165) is 13.3 Å². The summed E-state index contributed by atoms with van der Waals surface area (Å²) in [6.07, 6.45) is 5.95. The molecule has 0 radical (unpaired) electrons. The van der Waals surface area contributed by atoms with Gasteiger partial charge in [-0.25, -0.2) is 0 Å². The van der Waals surface area contributed by atoms with E-state index in [1.165, 1.54) is 0 Å². The Kier molecular flexibility index (Phi) is 3.17. The Balaban J connectivity index is 2.36. The van der Waals surface area contributed by atoms with Crippen LogP contribution in [0.15, 0.2) is 25.2 Å². The fourth-order valence-electron chi connectivity index (χ4n) is 1.15. The third-order valence-electron chi connectivity index (χ3n) is 1.89. The number of nitrogens with zero attached hydrogens (tertiary/aromatic N) is 2. The number of hydrogen-bond donors (Lipinski definition) is 0. The summed E-state index contributed by atoms with van der Waals surface area (Å²) in [5, 5.41) is 0. The second kappa shape index (κ2) is 4.16. The molecule has 0 saturated heterocycles. The lowest BCUT2D eigenvalue weighted by Crippen LogP contribution is -2.32. The van der Waals surface area contributed by atoms with E-state index in [4.69, 9.17) is 4.74 Å². The lowest BCUT2D eigenvalue weighted by molar-refractivity contribution is -0.0216. The molecular formula is C9H16N2O. The summed E-state index contributed by atoms with van der Waals surface area (Å²) >= 11 is 0. The van der Waals surface area contributed by atoms with Crippen LogP contribution in [0.1, 0.15) is 13.8 Å². The van der Waals surface area contributed by atoms with Crippen LogP contribution in [0, 0.1) is 0 Å². The minimum Gasteiger partial charge on any atom is -0.359 e. The molecule has 1 rings (SSSR count). The molecule has 0 amide bonds. The van der Waals surface area contributed by atoms with E-state index in [1.54, 1.807) is 6.20 Å². The molecule has 1 aliphatic heterocycles. The van der Waals surface area contributed by atoms with Crippen molar-refractivity contribution in [2.45, 2.75) is 20.1 Å². The average Bonchev–Trinajstić information content (AvgIpc) is 2.52. The minimum absolute atomic E-state index is 0.149. The van der Waals surface area contributed by atoms with Crippen LogP contribution in [0.25, 0.3) is 0 Å². The van der Waals surface area contributed by atoms with Gasteiger partial charge in [0.15, 0.2) is 0 Å². The molecule has 3 heteroatoms. The third kappa shape index (κ3) is 2.01. The zero-order valence-electron chi connectivity index (χ0n) is 7.73. The Morgan fingerprint density at radius 1 is 1.67 bits per heavy atom. The average molecular weight is 168 g/mol. The summed E-state index contributed by atoms with van der Waals surface area (Å²) in [7, 11) is 0. The lowest BCUT2D eigenvalue weighted by atomic mass is 10.5. The Hall–Kier alpha value is -0.960. The van der Waals surface area contributed by atoms with Gasteiger partial charge in [0.05, 0.1) is 6.67 Å². The minimum atomic E-state index is 0.149. The molecule has 0 aromatic rings. The molecule has 1 aliphatic rings. The fourth-order valence-corrected chi connectivity index (χ4v) is 1.15. The van der Waals surface area contributed by atoms with Gasteiger partial charge in [-0.3, -0.25) is 0 Å². The quantitative estimate of drug-likeness (QED) is 0.633. The van der Waals surface area contributed by atoms with Gasteiger partial charge in [-0.15, -0.1) is 0 Å². The Labute approximate surface area is 73.9 Å². The van der Waals surface area contributed by atoms with E-state index < -0.39 is 0 Å². The van der Waals surface area contributed by atoms with Crippen molar-refractivity contribution < 1.29 is 4.74 Å². The van der Waals surface area contributed by atoms with Gasteiger partial charge in [-0.1, -0.05) is 6.58 Å². The van der Waals surface area contributed by atoms with E-state index in [2.05, 4.69) is 11.5 Å². The molecule has 1 atom stereocenters. The first-order valence-electron chi connectivity index (χ1n) is 4.22. The van der Waals surface area contributed by atoms with Crippen molar-refractivity contribution in [1.82, 2.24) is 9.80 Å². The van der Waals surface area contributed by atoms with E-state index in [0.29, 0.717) is 0 Å². The molecule has 0 bridgehead atoms. The van der Waals surface area contributed by atoms with Crippen LogP contribution in [-0.2, 0) is 4.74 Å². The van der Waals surface area contributed by atoms with Gasteiger partial charge in [0.2, 0.25) is 0 Å². The maximum atomic E-state index is 5.43. The predicted molar refractivity (Wildman–Crippen MR) is 49.0 cm³/mol. The van der Waals surface area contributed by atoms with Crippen molar-refractivity contribution in [1.29, 1.82) is 0 Å². The van der Waals surface area contributed by atoms with Crippen LogP contribution in [0.5, 0.6) is 0 Å². The Morgan fingerprint density at radius 2 is 2.42 bits per heavy atom. The van der Waals surface area contributed by atoms with Crippen LogP contribution >= 0.6 is 0 Å². The lowest BCUT2D eigenvalue weighted by Gasteiger charge is -2.25. The van der Waals surface area contributed by atoms with Gasteiger partial charge < -0.3 is 14.5 Å². The Bertz CT molecular complexity index is 179. The summed E-state index contributed by atoms with van der Waals surface area (Å²) < 4.78 is 5.43. The molecule has 0 fully saturated rings. The summed E-state index contributed by atoms with van der Waals surface area (Å²) in [5.41, 5.74) is 0. The highest BCUT2D eigenvalue weighted by Crippen LogP contribution is 2.10. The van der Waals surface area contributed by atoms with Gasteiger partial charge in [0, 0.05) is 19.0 Å².